The van der Waals surface area contributed by atoms with Gasteiger partial charge in [0.2, 0.25) is 5.91 Å². The number of thiophene rings is 1. The number of esters is 1. The Morgan fingerprint density at radius 2 is 1.91 bits per heavy atom. The number of carbonyl (C=O) groups excluding carboxylic acids is 2. The summed E-state index contributed by atoms with van der Waals surface area (Å²) in [5.41, 5.74) is 1.09. The molecule has 0 N–H and O–H groups in total. The summed E-state index contributed by atoms with van der Waals surface area (Å²) in [7, 11) is 0. The molecule has 1 aromatic carbocycles. The number of carbonyl (C=O) groups is 2. The van der Waals surface area contributed by atoms with Crippen molar-refractivity contribution < 1.29 is 14.3 Å². The van der Waals surface area contributed by atoms with Gasteiger partial charge in [-0.2, -0.15) is 0 Å². The number of anilines is 1. The fourth-order valence-corrected chi connectivity index (χ4v) is 5.40. The van der Waals surface area contributed by atoms with Crippen LogP contribution in [0.4, 0.5) is 5.69 Å². The molecule has 1 fully saturated rings. The summed E-state index contributed by atoms with van der Waals surface area (Å²) in [6.07, 6.45) is 6.70. The normalized spacial score (nSPS) is 14.4. The number of aryl methyl sites for hydroxylation is 1. The number of para-hydroxylation sites is 1. The molecule has 1 amide bonds. The van der Waals surface area contributed by atoms with E-state index in [4.69, 9.17) is 4.74 Å². The minimum atomic E-state index is -0.456. The van der Waals surface area contributed by atoms with Crippen LogP contribution < -0.4 is 10.5 Å². The second kappa shape index (κ2) is 9.65. The molecular weight excluding hydrogens is 426 g/mol. The number of benzene rings is 1. The predicted molar refractivity (Wildman–Crippen MR) is 125 cm³/mol. The van der Waals surface area contributed by atoms with E-state index in [0.717, 1.165) is 42.7 Å². The van der Waals surface area contributed by atoms with Crippen LogP contribution in [-0.4, -0.2) is 34.1 Å². The zero-order valence-corrected chi connectivity index (χ0v) is 19.2. The summed E-state index contributed by atoms with van der Waals surface area (Å²) in [4.78, 5) is 46.0. The van der Waals surface area contributed by atoms with Gasteiger partial charge in [-0.1, -0.05) is 37.5 Å². The standard InChI is InChI=1S/C24H27N3O4S/c1-3-31-24(30)21-16(2)20-22(32-21)25-15-26(23(20)29)14-19(28)27(17-10-6-4-7-11-17)18-12-8-5-9-13-18/h4,6-7,10-11,15,18H,3,5,8-9,12-14H2,1-2H3. The quantitative estimate of drug-likeness (QED) is 0.520. The van der Waals surface area contributed by atoms with Crippen molar-refractivity contribution in [3.05, 3.63) is 57.5 Å². The van der Waals surface area contributed by atoms with Crippen molar-refractivity contribution in [1.82, 2.24) is 9.55 Å². The van der Waals surface area contributed by atoms with Gasteiger partial charge < -0.3 is 9.64 Å². The molecule has 2 aromatic heterocycles. The Kier molecular flexibility index (Phi) is 6.69. The average molecular weight is 454 g/mol. The van der Waals surface area contributed by atoms with Crippen molar-refractivity contribution in [2.45, 2.75) is 58.5 Å². The van der Waals surface area contributed by atoms with Crippen LogP contribution >= 0.6 is 11.3 Å². The van der Waals surface area contributed by atoms with Crippen molar-refractivity contribution in [2.24, 2.45) is 0 Å². The third kappa shape index (κ3) is 4.32. The van der Waals surface area contributed by atoms with Crippen molar-refractivity contribution in [1.29, 1.82) is 0 Å². The first kappa shape index (κ1) is 22.2. The van der Waals surface area contributed by atoms with Gasteiger partial charge >= 0.3 is 5.97 Å². The van der Waals surface area contributed by atoms with E-state index in [-0.39, 0.29) is 30.7 Å². The van der Waals surface area contributed by atoms with E-state index in [0.29, 0.717) is 20.7 Å². The van der Waals surface area contributed by atoms with Crippen LogP contribution in [0.3, 0.4) is 0 Å². The molecular formula is C24H27N3O4S. The average Bonchev–Trinajstić information content (AvgIpc) is 3.15. The highest BCUT2D eigenvalue weighted by Gasteiger charge is 2.28. The molecule has 168 valence electrons. The van der Waals surface area contributed by atoms with Gasteiger partial charge in [0.05, 0.1) is 18.3 Å². The first-order valence-electron chi connectivity index (χ1n) is 11.0. The molecule has 0 spiro atoms. The summed E-state index contributed by atoms with van der Waals surface area (Å²) in [6, 6.07) is 9.77. The summed E-state index contributed by atoms with van der Waals surface area (Å²) < 4.78 is 6.44. The molecule has 0 atom stereocenters. The van der Waals surface area contributed by atoms with Gasteiger partial charge in [-0.15, -0.1) is 11.3 Å². The van der Waals surface area contributed by atoms with Crippen LogP contribution in [0.25, 0.3) is 10.2 Å². The van der Waals surface area contributed by atoms with Gasteiger partial charge in [0, 0.05) is 11.7 Å². The molecule has 0 unspecified atom stereocenters. The molecule has 0 bridgehead atoms. The Balaban J connectivity index is 1.67. The van der Waals surface area contributed by atoms with E-state index in [1.807, 2.05) is 35.2 Å². The second-order valence-electron chi connectivity index (χ2n) is 8.03. The summed E-state index contributed by atoms with van der Waals surface area (Å²) in [6.45, 7) is 3.62. The lowest BCUT2D eigenvalue weighted by molar-refractivity contribution is -0.119. The Morgan fingerprint density at radius 1 is 1.19 bits per heavy atom. The smallest absolute Gasteiger partial charge is 0.348 e. The van der Waals surface area contributed by atoms with E-state index in [1.165, 1.54) is 17.3 Å². The number of rotatable bonds is 6. The van der Waals surface area contributed by atoms with E-state index < -0.39 is 5.97 Å². The molecule has 0 aliphatic heterocycles. The van der Waals surface area contributed by atoms with Crippen LogP contribution in [0.1, 0.15) is 54.3 Å². The minimum absolute atomic E-state index is 0.100. The molecule has 1 aliphatic rings. The van der Waals surface area contributed by atoms with E-state index in [1.54, 1.807) is 13.8 Å². The topological polar surface area (TPSA) is 81.5 Å². The monoisotopic (exact) mass is 453 g/mol. The number of aromatic nitrogens is 2. The lowest BCUT2D eigenvalue weighted by Gasteiger charge is -2.34. The number of ether oxygens (including phenoxy) is 1. The Bertz CT molecular complexity index is 1180. The zero-order chi connectivity index (χ0) is 22.7. The van der Waals surface area contributed by atoms with Crippen molar-refractivity contribution >= 4 is 39.1 Å². The Morgan fingerprint density at radius 3 is 2.59 bits per heavy atom. The van der Waals surface area contributed by atoms with Crippen LogP contribution in [0.2, 0.25) is 0 Å². The van der Waals surface area contributed by atoms with Crippen molar-refractivity contribution in [2.75, 3.05) is 11.5 Å². The SMILES string of the molecule is CCOC(=O)c1sc2ncn(CC(=O)N(c3ccccc3)C3CCCCC3)c(=O)c2c1C. The molecule has 1 saturated carbocycles. The largest absolute Gasteiger partial charge is 0.462 e. The highest BCUT2D eigenvalue weighted by atomic mass is 32.1. The van der Waals surface area contributed by atoms with Gasteiger partial charge in [-0.3, -0.25) is 14.2 Å². The number of nitrogens with zero attached hydrogens (tertiary/aromatic N) is 3. The van der Waals surface area contributed by atoms with Gasteiger partial charge in [0.15, 0.2) is 0 Å². The number of amides is 1. The molecule has 7 nitrogen and oxygen atoms in total. The molecule has 0 saturated heterocycles. The molecule has 32 heavy (non-hydrogen) atoms. The molecule has 4 rings (SSSR count). The van der Waals surface area contributed by atoms with Gasteiger partial charge in [-0.05, 0) is 44.4 Å². The number of hydrogen-bond acceptors (Lipinski definition) is 6. The maximum Gasteiger partial charge on any atom is 0.348 e. The lowest BCUT2D eigenvalue weighted by Crippen LogP contribution is -2.44. The summed E-state index contributed by atoms with van der Waals surface area (Å²) >= 11 is 1.15. The van der Waals surface area contributed by atoms with Crippen LogP contribution in [0, 0.1) is 6.92 Å². The van der Waals surface area contributed by atoms with Gasteiger partial charge in [-0.25, -0.2) is 9.78 Å². The number of hydrogen-bond donors (Lipinski definition) is 0. The first-order valence-corrected chi connectivity index (χ1v) is 11.9. The summed E-state index contributed by atoms with van der Waals surface area (Å²) in [5, 5.41) is 0.372. The molecule has 8 heteroatoms. The number of fused-ring (bicyclic) bond motifs is 1. The Hall–Kier alpha value is -3.00. The molecule has 2 heterocycles. The predicted octanol–water partition coefficient (Wildman–Crippen LogP) is 4.31. The van der Waals surface area contributed by atoms with Crippen LogP contribution in [0.5, 0.6) is 0 Å². The second-order valence-corrected chi connectivity index (χ2v) is 9.02. The molecule has 1 aliphatic carbocycles. The zero-order valence-electron chi connectivity index (χ0n) is 18.4. The third-order valence-electron chi connectivity index (χ3n) is 5.93. The minimum Gasteiger partial charge on any atom is -0.462 e. The van der Waals surface area contributed by atoms with Crippen LogP contribution in [0.15, 0.2) is 41.5 Å². The van der Waals surface area contributed by atoms with E-state index in [9.17, 15) is 14.4 Å². The maximum absolute atomic E-state index is 13.5. The van der Waals surface area contributed by atoms with E-state index in [2.05, 4.69) is 4.98 Å². The highest BCUT2D eigenvalue weighted by molar-refractivity contribution is 7.20. The van der Waals surface area contributed by atoms with Crippen molar-refractivity contribution in [3.63, 3.8) is 0 Å². The third-order valence-corrected chi connectivity index (χ3v) is 7.11. The van der Waals surface area contributed by atoms with Gasteiger partial charge in [0.25, 0.3) is 5.56 Å². The van der Waals surface area contributed by atoms with Crippen molar-refractivity contribution in [3.8, 4) is 0 Å². The van der Waals surface area contributed by atoms with Crippen LogP contribution in [-0.2, 0) is 16.1 Å². The summed E-state index contributed by atoms with van der Waals surface area (Å²) in [5.74, 6) is -0.590. The molecule has 3 aromatic rings. The van der Waals surface area contributed by atoms with Gasteiger partial charge in [0.1, 0.15) is 16.3 Å². The highest BCUT2D eigenvalue weighted by Crippen LogP contribution is 2.29. The molecule has 0 radical (unpaired) electrons. The first-order chi connectivity index (χ1) is 15.5. The maximum atomic E-state index is 13.5. The lowest BCUT2D eigenvalue weighted by atomic mass is 9.93. The fraction of sp³-hybridized carbons (Fsp3) is 0.417. The Labute approximate surface area is 190 Å². The fourth-order valence-electron chi connectivity index (χ4n) is 4.37. The van der Waals surface area contributed by atoms with E-state index >= 15 is 0 Å².